The monoisotopic (exact) mass is 244 g/mol. The van der Waals surface area contributed by atoms with Crippen molar-refractivity contribution in [3.05, 3.63) is 24.3 Å². The predicted octanol–water partition coefficient (Wildman–Crippen LogP) is 0.681. The molecule has 0 saturated carbocycles. The lowest BCUT2D eigenvalue weighted by Crippen LogP contribution is -2.31. The van der Waals surface area contributed by atoms with Crippen molar-refractivity contribution in [3.8, 4) is 0 Å². The summed E-state index contributed by atoms with van der Waals surface area (Å²) in [7, 11) is -0.422. The van der Waals surface area contributed by atoms with E-state index in [1.165, 1.54) is 18.5 Å². The lowest BCUT2D eigenvalue weighted by Gasteiger charge is -2.20. The summed E-state index contributed by atoms with van der Waals surface area (Å²) in [4.78, 5) is 0. The first-order valence-electron chi connectivity index (χ1n) is 4.79. The molecule has 6 heteroatoms. The van der Waals surface area contributed by atoms with E-state index in [2.05, 4.69) is 0 Å². The molecule has 1 aromatic carbocycles. The Kier molecular flexibility index (Phi) is 4.14. The Balaban J connectivity index is 2.94. The summed E-state index contributed by atoms with van der Waals surface area (Å²) in [6.45, 7) is 0.166. The minimum Gasteiger partial charge on any atom is -0.397 e. The fraction of sp³-hybridized carbons (Fsp3) is 0.400. The molecule has 0 aliphatic heterocycles. The first kappa shape index (κ1) is 12.8. The van der Waals surface area contributed by atoms with E-state index >= 15 is 0 Å². The van der Waals surface area contributed by atoms with Gasteiger partial charge in [0.1, 0.15) is 0 Å². The van der Waals surface area contributed by atoms with Crippen LogP contribution in [-0.4, -0.2) is 34.9 Å². The van der Waals surface area contributed by atoms with Gasteiger partial charge in [0.25, 0.3) is 0 Å². The number of nitrogens with two attached hydrogens (primary N) is 1. The summed E-state index contributed by atoms with van der Waals surface area (Å²) in [5.74, 6) is -0.0612. The smallest absolute Gasteiger partial charge is 0.237 e. The number of benzene rings is 1. The van der Waals surface area contributed by atoms with Crippen molar-refractivity contribution in [1.29, 1.82) is 0 Å². The Morgan fingerprint density at radius 3 is 2.56 bits per heavy atom. The van der Waals surface area contributed by atoms with Gasteiger partial charge in [0.2, 0.25) is 10.0 Å². The van der Waals surface area contributed by atoms with Gasteiger partial charge in [-0.2, -0.15) is 0 Å². The van der Waals surface area contributed by atoms with E-state index in [1.807, 2.05) is 0 Å². The molecule has 5 nitrogen and oxygen atoms in total. The van der Waals surface area contributed by atoms with Gasteiger partial charge in [0.05, 0.1) is 23.7 Å². The first-order chi connectivity index (χ1) is 7.49. The summed E-state index contributed by atoms with van der Waals surface area (Å²) < 4.78 is 29.6. The number of hydrogen-bond acceptors (Lipinski definition) is 4. The second-order valence-corrected chi connectivity index (χ2v) is 5.45. The zero-order valence-electron chi connectivity index (χ0n) is 9.38. The fourth-order valence-corrected chi connectivity index (χ4v) is 2.37. The van der Waals surface area contributed by atoms with Crippen LogP contribution in [0.1, 0.15) is 0 Å². The van der Waals surface area contributed by atoms with Gasteiger partial charge in [-0.3, -0.25) is 4.31 Å². The number of para-hydroxylation sites is 2. The van der Waals surface area contributed by atoms with E-state index in [9.17, 15) is 8.42 Å². The summed E-state index contributed by atoms with van der Waals surface area (Å²) in [5.41, 5.74) is 6.63. The second-order valence-electron chi connectivity index (χ2n) is 3.34. The number of nitrogens with zero attached hydrogens (tertiary/aromatic N) is 1. The normalized spacial score (nSPS) is 11.4. The van der Waals surface area contributed by atoms with Crippen molar-refractivity contribution in [1.82, 2.24) is 0 Å². The maximum Gasteiger partial charge on any atom is 0.237 e. The maximum atomic E-state index is 11.8. The molecule has 0 radical (unpaired) electrons. The Labute approximate surface area is 95.9 Å². The van der Waals surface area contributed by atoms with Crippen molar-refractivity contribution >= 4 is 21.4 Å². The van der Waals surface area contributed by atoms with Crippen LogP contribution in [0.15, 0.2) is 24.3 Å². The molecular formula is C10H16N2O3S. The highest BCUT2D eigenvalue weighted by Crippen LogP contribution is 2.23. The number of nitrogen functional groups attached to an aromatic ring is 1. The van der Waals surface area contributed by atoms with Gasteiger partial charge >= 0.3 is 0 Å². The lowest BCUT2D eigenvalue weighted by atomic mass is 10.3. The summed E-state index contributed by atoms with van der Waals surface area (Å²) in [6.07, 6.45) is 0. The van der Waals surface area contributed by atoms with Crippen molar-refractivity contribution in [2.45, 2.75) is 0 Å². The molecule has 90 valence electrons. The second kappa shape index (κ2) is 5.18. The summed E-state index contributed by atoms with van der Waals surface area (Å²) >= 11 is 0. The minimum atomic E-state index is -3.37. The van der Waals surface area contributed by atoms with Crippen LogP contribution in [0.5, 0.6) is 0 Å². The van der Waals surface area contributed by atoms with Gasteiger partial charge in [-0.05, 0) is 12.1 Å². The van der Waals surface area contributed by atoms with Crippen LogP contribution in [0.4, 0.5) is 11.4 Å². The van der Waals surface area contributed by atoms with Crippen LogP contribution in [0.3, 0.4) is 0 Å². The van der Waals surface area contributed by atoms with Crippen LogP contribution in [0.2, 0.25) is 0 Å². The third kappa shape index (κ3) is 2.86. The minimum absolute atomic E-state index is 0.0612. The maximum absolute atomic E-state index is 11.8. The number of rotatable bonds is 5. The summed E-state index contributed by atoms with van der Waals surface area (Å²) in [6, 6.07) is 6.83. The van der Waals surface area contributed by atoms with Crippen LogP contribution in [0, 0.1) is 0 Å². The average Bonchev–Trinajstić information content (AvgIpc) is 2.26. The number of ether oxygens (including phenoxy) is 1. The van der Waals surface area contributed by atoms with Gasteiger partial charge in [-0.1, -0.05) is 12.1 Å². The molecule has 0 bridgehead atoms. The molecule has 0 aliphatic carbocycles. The van der Waals surface area contributed by atoms with Crippen molar-refractivity contribution in [2.24, 2.45) is 0 Å². The van der Waals surface area contributed by atoms with Crippen molar-refractivity contribution < 1.29 is 13.2 Å². The molecule has 0 unspecified atom stereocenters. The molecule has 0 atom stereocenters. The van der Waals surface area contributed by atoms with Crippen LogP contribution in [-0.2, 0) is 14.8 Å². The number of hydrogen-bond donors (Lipinski definition) is 1. The van der Waals surface area contributed by atoms with Crippen LogP contribution < -0.4 is 10.0 Å². The van der Waals surface area contributed by atoms with Crippen molar-refractivity contribution in [2.75, 3.05) is 36.6 Å². The van der Waals surface area contributed by atoms with Gasteiger partial charge in [0, 0.05) is 14.2 Å². The third-order valence-corrected chi connectivity index (χ3v) is 3.95. The average molecular weight is 244 g/mol. The molecule has 16 heavy (non-hydrogen) atoms. The van der Waals surface area contributed by atoms with E-state index in [0.717, 1.165) is 0 Å². The predicted molar refractivity (Wildman–Crippen MR) is 64.9 cm³/mol. The zero-order chi connectivity index (χ0) is 12.2. The van der Waals surface area contributed by atoms with E-state index in [1.54, 1.807) is 24.3 Å². The Bertz CT molecular complexity index is 445. The van der Waals surface area contributed by atoms with E-state index in [-0.39, 0.29) is 12.4 Å². The molecule has 0 aliphatic rings. The molecule has 2 N–H and O–H groups in total. The van der Waals surface area contributed by atoms with Crippen molar-refractivity contribution in [3.63, 3.8) is 0 Å². The number of methoxy groups -OCH3 is 1. The van der Waals surface area contributed by atoms with Crippen LogP contribution in [0.25, 0.3) is 0 Å². The number of anilines is 2. The van der Waals surface area contributed by atoms with Gasteiger partial charge in [0.15, 0.2) is 0 Å². The third-order valence-electron chi connectivity index (χ3n) is 2.24. The van der Waals surface area contributed by atoms with E-state index in [4.69, 9.17) is 10.5 Å². The fourth-order valence-electron chi connectivity index (χ4n) is 1.25. The molecule has 0 heterocycles. The lowest BCUT2D eigenvalue weighted by molar-refractivity contribution is 0.217. The largest absolute Gasteiger partial charge is 0.397 e. The Hall–Kier alpha value is -1.27. The molecule has 0 amide bonds. The molecule has 1 aromatic rings. The van der Waals surface area contributed by atoms with E-state index in [0.29, 0.717) is 11.4 Å². The quantitative estimate of drug-likeness (QED) is 0.773. The van der Waals surface area contributed by atoms with Crippen LogP contribution >= 0.6 is 0 Å². The highest BCUT2D eigenvalue weighted by molar-refractivity contribution is 7.92. The topological polar surface area (TPSA) is 72.6 Å². The number of sulfonamides is 1. The molecular weight excluding hydrogens is 228 g/mol. The highest BCUT2D eigenvalue weighted by Gasteiger charge is 2.19. The van der Waals surface area contributed by atoms with Gasteiger partial charge in [-0.25, -0.2) is 8.42 Å². The van der Waals surface area contributed by atoms with Gasteiger partial charge in [-0.15, -0.1) is 0 Å². The standard InChI is InChI=1S/C10H16N2O3S/c1-12(16(13,14)8-7-15-2)10-6-4-3-5-9(10)11/h3-6H,7-8,11H2,1-2H3. The first-order valence-corrected chi connectivity index (χ1v) is 6.40. The Morgan fingerprint density at radius 1 is 1.38 bits per heavy atom. The highest BCUT2D eigenvalue weighted by atomic mass is 32.2. The summed E-state index contributed by atoms with van der Waals surface area (Å²) in [5, 5.41) is 0. The zero-order valence-corrected chi connectivity index (χ0v) is 10.2. The molecule has 0 aromatic heterocycles. The van der Waals surface area contributed by atoms with Gasteiger partial charge < -0.3 is 10.5 Å². The molecule has 1 rings (SSSR count). The molecule has 0 fully saturated rings. The molecule has 0 saturated heterocycles. The SMILES string of the molecule is COCCS(=O)(=O)N(C)c1ccccc1N. The Morgan fingerprint density at radius 2 is 2.00 bits per heavy atom. The molecule has 0 spiro atoms. The van der Waals surface area contributed by atoms with E-state index < -0.39 is 10.0 Å².